The summed E-state index contributed by atoms with van der Waals surface area (Å²) in [6.45, 7) is 0.505. The summed E-state index contributed by atoms with van der Waals surface area (Å²) in [4.78, 5) is 9.07. The van der Waals surface area contributed by atoms with Gasteiger partial charge in [-0.15, -0.1) is 0 Å². The monoisotopic (exact) mass is 397 g/mol. The molecule has 0 unspecified atom stereocenters. The van der Waals surface area contributed by atoms with Crippen molar-refractivity contribution >= 4 is 40.7 Å². The van der Waals surface area contributed by atoms with E-state index >= 15 is 0 Å². The lowest BCUT2D eigenvalue weighted by atomic mass is 10.1. The highest BCUT2D eigenvalue weighted by molar-refractivity contribution is 6.36. The molecule has 0 radical (unpaired) electrons. The van der Waals surface area contributed by atoms with E-state index in [4.69, 9.17) is 28.5 Å². The Bertz CT molecular complexity index is 934. The number of nitrogens with zero attached hydrogens (tertiary/aromatic N) is 3. The maximum Gasteiger partial charge on any atom is 0.229 e. The van der Waals surface area contributed by atoms with Gasteiger partial charge in [-0.25, -0.2) is 4.98 Å². The third-order valence-corrected chi connectivity index (χ3v) is 4.48. The largest absolute Gasteiger partial charge is 0.369 e. The number of hydrogen-bond acceptors (Lipinski definition) is 5. The maximum atomic E-state index is 8.74. The molecule has 2 aromatic carbocycles. The lowest BCUT2D eigenvalue weighted by Crippen LogP contribution is -2.08. The predicted molar refractivity (Wildman–Crippen MR) is 110 cm³/mol. The van der Waals surface area contributed by atoms with Gasteiger partial charge in [0.25, 0.3) is 0 Å². The van der Waals surface area contributed by atoms with Gasteiger partial charge >= 0.3 is 0 Å². The second-order valence-electron chi connectivity index (χ2n) is 5.77. The molecule has 0 saturated carbocycles. The first kappa shape index (κ1) is 19.0. The molecule has 7 heteroatoms. The quantitative estimate of drug-likeness (QED) is 0.518. The lowest BCUT2D eigenvalue weighted by Gasteiger charge is -2.12. The van der Waals surface area contributed by atoms with E-state index in [9.17, 15) is 0 Å². The summed E-state index contributed by atoms with van der Waals surface area (Å²) in [7, 11) is 0. The molecule has 2 N–H and O–H groups in total. The number of nitrogens with one attached hydrogen (secondary N) is 2. The van der Waals surface area contributed by atoms with Crippen LogP contribution in [0.2, 0.25) is 10.0 Å². The molecule has 27 heavy (non-hydrogen) atoms. The summed E-state index contributed by atoms with van der Waals surface area (Å²) in [5.74, 6) is 1.10. The second-order valence-corrected chi connectivity index (χ2v) is 6.59. The molecule has 1 heterocycles. The van der Waals surface area contributed by atoms with Gasteiger partial charge in [0, 0.05) is 34.8 Å². The van der Waals surface area contributed by atoms with Gasteiger partial charge in [0.2, 0.25) is 5.95 Å². The Morgan fingerprint density at radius 3 is 2.41 bits per heavy atom. The molecule has 0 saturated heterocycles. The first-order chi connectivity index (χ1) is 13.2. The van der Waals surface area contributed by atoms with Gasteiger partial charge < -0.3 is 10.6 Å². The molecule has 0 atom stereocenters. The van der Waals surface area contributed by atoms with E-state index in [1.54, 1.807) is 12.1 Å². The summed E-state index contributed by atoms with van der Waals surface area (Å²) in [6, 6.07) is 19.0. The molecule has 0 amide bonds. The fraction of sp³-hybridized carbons (Fsp3) is 0.150. The van der Waals surface area contributed by atoms with E-state index in [2.05, 4.69) is 26.7 Å². The lowest BCUT2D eigenvalue weighted by molar-refractivity contribution is 1.00. The standard InChI is InChI=1S/C20H17Cl2N5/c21-17-8-4-9-18(22)16(17)12-15-13-19(24-11-5-10-23)27-20(26-15)25-14-6-2-1-3-7-14/h1-4,6-9,13H,5,11-12H2,(H2,24,25,26,27). The Labute approximate surface area is 168 Å². The summed E-state index contributed by atoms with van der Waals surface area (Å²) in [5, 5.41) is 16.3. The molecular formula is C20H17Cl2N5. The highest BCUT2D eigenvalue weighted by Crippen LogP contribution is 2.27. The van der Waals surface area contributed by atoms with Crippen molar-refractivity contribution in [2.45, 2.75) is 12.8 Å². The number of benzene rings is 2. The van der Waals surface area contributed by atoms with Crippen LogP contribution in [0.5, 0.6) is 0 Å². The average molecular weight is 398 g/mol. The Morgan fingerprint density at radius 1 is 0.963 bits per heavy atom. The number of hydrogen-bond donors (Lipinski definition) is 2. The zero-order chi connectivity index (χ0) is 19.1. The third-order valence-electron chi connectivity index (χ3n) is 3.77. The van der Waals surface area contributed by atoms with E-state index in [0.717, 1.165) is 16.9 Å². The zero-order valence-corrected chi connectivity index (χ0v) is 15.9. The summed E-state index contributed by atoms with van der Waals surface area (Å²) >= 11 is 12.6. The molecule has 0 aliphatic heterocycles. The van der Waals surface area contributed by atoms with Crippen LogP contribution in [0, 0.1) is 11.3 Å². The molecule has 0 aliphatic rings. The van der Waals surface area contributed by atoms with Crippen molar-refractivity contribution in [2.75, 3.05) is 17.2 Å². The van der Waals surface area contributed by atoms with Crippen LogP contribution in [0.25, 0.3) is 0 Å². The van der Waals surface area contributed by atoms with Gasteiger partial charge in [-0.1, -0.05) is 47.5 Å². The fourth-order valence-electron chi connectivity index (χ4n) is 2.51. The van der Waals surface area contributed by atoms with Gasteiger partial charge in [-0.3, -0.25) is 0 Å². The SMILES string of the molecule is N#CCCNc1cc(Cc2c(Cl)cccc2Cl)nc(Nc2ccccc2)n1. The second kappa shape index (κ2) is 9.22. The van der Waals surface area contributed by atoms with Crippen LogP contribution in [-0.2, 0) is 6.42 Å². The number of nitriles is 1. The van der Waals surface area contributed by atoms with Crippen molar-refractivity contribution in [1.29, 1.82) is 5.26 Å². The summed E-state index contributed by atoms with van der Waals surface area (Å²) < 4.78 is 0. The van der Waals surface area contributed by atoms with Crippen molar-refractivity contribution in [3.63, 3.8) is 0 Å². The Kier molecular flexibility index (Phi) is 6.48. The van der Waals surface area contributed by atoms with Gasteiger partial charge in [0.15, 0.2) is 0 Å². The van der Waals surface area contributed by atoms with Crippen LogP contribution in [-0.4, -0.2) is 16.5 Å². The van der Waals surface area contributed by atoms with Gasteiger partial charge in [-0.2, -0.15) is 10.2 Å². The fourth-order valence-corrected chi connectivity index (χ4v) is 3.04. The molecule has 0 spiro atoms. The van der Waals surface area contributed by atoms with E-state index in [1.807, 2.05) is 42.5 Å². The Morgan fingerprint density at radius 2 is 1.70 bits per heavy atom. The molecule has 5 nitrogen and oxygen atoms in total. The van der Waals surface area contributed by atoms with Crippen molar-refractivity contribution in [2.24, 2.45) is 0 Å². The van der Waals surface area contributed by atoms with Crippen LogP contribution < -0.4 is 10.6 Å². The number of anilines is 3. The number of aromatic nitrogens is 2. The minimum atomic E-state index is 0.386. The normalized spacial score (nSPS) is 10.3. The molecule has 1 aromatic heterocycles. The first-order valence-corrected chi connectivity index (χ1v) is 9.15. The summed E-state index contributed by atoms with van der Waals surface area (Å²) in [5.41, 5.74) is 2.46. The number of halogens is 2. The van der Waals surface area contributed by atoms with Gasteiger partial charge in [-0.05, 0) is 29.8 Å². The third kappa shape index (κ3) is 5.33. The van der Waals surface area contributed by atoms with Crippen LogP contribution >= 0.6 is 23.2 Å². The highest BCUT2D eigenvalue weighted by atomic mass is 35.5. The minimum absolute atomic E-state index is 0.386. The molecule has 3 rings (SSSR count). The summed E-state index contributed by atoms with van der Waals surface area (Å²) in [6.07, 6.45) is 0.856. The molecule has 0 fully saturated rings. The molecule has 136 valence electrons. The molecule has 0 bridgehead atoms. The van der Waals surface area contributed by atoms with Crippen molar-refractivity contribution in [3.05, 3.63) is 75.9 Å². The molecular weight excluding hydrogens is 381 g/mol. The van der Waals surface area contributed by atoms with Crippen LogP contribution in [0.1, 0.15) is 17.7 Å². The first-order valence-electron chi connectivity index (χ1n) is 8.39. The van der Waals surface area contributed by atoms with Crippen LogP contribution in [0.4, 0.5) is 17.5 Å². The van der Waals surface area contributed by atoms with Gasteiger partial charge in [0.1, 0.15) is 5.82 Å². The number of rotatable bonds is 7. The van der Waals surface area contributed by atoms with E-state index in [-0.39, 0.29) is 0 Å². The van der Waals surface area contributed by atoms with Crippen molar-refractivity contribution in [1.82, 2.24) is 9.97 Å². The van der Waals surface area contributed by atoms with Crippen molar-refractivity contribution < 1.29 is 0 Å². The van der Waals surface area contributed by atoms with Gasteiger partial charge in [0.05, 0.1) is 18.2 Å². The molecule has 0 aliphatic carbocycles. The smallest absolute Gasteiger partial charge is 0.229 e. The maximum absolute atomic E-state index is 8.74. The van der Waals surface area contributed by atoms with E-state index in [0.29, 0.717) is 41.2 Å². The predicted octanol–water partition coefficient (Wildman–Crippen LogP) is 5.44. The van der Waals surface area contributed by atoms with E-state index in [1.165, 1.54) is 0 Å². The average Bonchev–Trinajstić information content (AvgIpc) is 2.66. The van der Waals surface area contributed by atoms with E-state index < -0.39 is 0 Å². The topological polar surface area (TPSA) is 73.6 Å². The number of para-hydroxylation sites is 1. The minimum Gasteiger partial charge on any atom is -0.369 e. The van der Waals surface area contributed by atoms with Crippen molar-refractivity contribution in [3.8, 4) is 6.07 Å². The Hall–Kier alpha value is -2.81. The Balaban J connectivity index is 1.90. The highest BCUT2D eigenvalue weighted by Gasteiger charge is 2.11. The van der Waals surface area contributed by atoms with Crippen LogP contribution in [0.15, 0.2) is 54.6 Å². The molecule has 3 aromatic rings. The van der Waals surface area contributed by atoms with Crippen LogP contribution in [0.3, 0.4) is 0 Å². The zero-order valence-electron chi connectivity index (χ0n) is 14.4.